The monoisotopic (exact) mass is 191 g/mol. The third-order valence-electron chi connectivity index (χ3n) is 2.16. The Labute approximate surface area is 82.5 Å². The van der Waals surface area contributed by atoms with E-state index in [4.69, 9.17) is 14.6 Å². The SMILES string of the molecule is NCc1ccc(CCc2ccoc2)o1. The van der Waals surface area contributed by atoms with Gasteiger partial charge in [0.25, 0.3) is 0 Å². The Morgan fingerprint density at radius 3 is 2.57 bits per heavy atom. The van der Waals surface area contributed by atoms with Crippen LogP contribution >= 0.6 is 0 Å². The van der Waals surface area contributed by atoms with Gasteiger partial charge in [0, 0.05) is 6.42 Å². The minimum atomic E-state index is 0.464. The molecule has 0 aliphatic heterocycles. The van der Waals surface area contributed by atoms with Crippen molar-refractivity contribution < 1.29 is 8.83 Å². The molecule has 0 aliphatic rings. The largest absolute Gasteiger partial charge is 0.472 e. The summed E-state index contributed by atoms with van der Waals surface area (Å²) in [5.41, 5.74) is 6.64. The van der Waals surface area contributed by atoms with Crippen molar-refractivity contribution in [2.24, 2.45) is 5.73 Å². The zero-order chi connectivity index (χ0) is 9.80. The lowest BCUT2D eigenvalue weighted by Crippen LogP contribution is -1.93. The fraction of sp³-hybridized carbons (Fsp3) is 0.273. The first-order valence-electron chi connectivity index (χ1n) is 4.67. The number of furan rings is 2. The van der Waals surface area contributed by atoms with Crippen LogP contribution in [0.2, 0.25) is 0 Å². The highest BCUT2D eigenvalue weighted by atomic mass is 16.3. The van der Waals surface area contributed by atoms with E-state index in [1.807, 2.05) is 18.2 Å². The smallest absolute Gasteiger partial charge is 0.117 e. The van der Waals surface area contributed by atoms with Gasteiger partial charge in [-0.1, -0.05) is 0 Å². The summed E-state index contributed by atoms with van der Waals surface area (Å²) in [5.74, 6) is 1.82. The molecule has 2 heterocycles. The highest BCUT2D eigenvalue weighted by Gasteiger charge is 2.01. The van der Waals surface area contributed by atoms with Gasteiger partial charge in [0.2, 0.25) is 0 Å². The maximum atomic E-state index is 5.48. The topological polar surface area (TPSA) is 52.3 Å². The van der Waals surface area contributed by atoms with Crippen molar-refractivity contribution in [2.75, 3.05) is 0 Å². The lowest BCUT2D eigenvalue weighted by molar-refractivity contribution is 0.465. The van der Waals surface area contributed by atoms with Gasteiger partial charge < -0.3 is 14.6 Å². The zero-order valence-corrected chi connectivity index (χ0v) is 7.90. The summed E-state index contributed by atoms with van der Waals surface area (Å²) in [5, 5.41) is 0. The third kappa shape index (κ3) is 2.06. The van der Waals surface area contributed by atoms with Crippen LogP contribution in [0.15, 0.2) is 39.6 Å². The molecule has 2 aromatic heterocycles. The lowest BCUT2D eigenvalue weighted by atomic mass is 10.1. The summed E-state index contributed by atoms with van der Waals surface area (Å²) >= 11 is 0. The van der Waals surface area contributed by atoms with E-state index in [9.17, 15) is 0 Å². The highest BCUT2D eigenvalue weighted by Crippen LogP contribution is 2.11. The van der Waals surface area contributed by atoms with Crippen molar-refractivity contribution in [3.63, 3.8) is 0 Å². The van der Waals surface area contributed by atoms with Gasteiger partial charge in [0.05, 0.1) is 19.1 Å². The van der Waals surface area contributed by atoms with Crippen LogP contribution in [0.4, 0.5) is 0 Å². The maximum Gasteiger partial charge on any atom is 0.117 e. The molecule has 0 atom stereocenters. The molecule has 0 aromatic carbocycles. The van der Waals surface area contributed by atoms with Gasteiger partial charge in [0.15, 0.2) is 0 Å². The molecule has 14 heavy (non-hydrogen) atoms. The van der Waals surface area contributed by atoms with E-state index in [1.54, 1.807) is 12.5 Å². The molecule has 2 aromatic rings. The Hall–Kier alpha value is -1.48. The molecule has 2 rings (SSSR count). The van der Waals surface area contributed by atoms with Crippen LogP contribution in [0, 0.1) is 0 Å². The maximum absolute atomic E-state index is 5.48. The second-order valence-electron chi connectivity index (χ2n) is 3.20. The van der Waals surface area contributed by atoms with Crippen molar-refractivity contribution in [3.8, 4) is 0 Å². The van der Waals surface area contributed by atoms with Crippen LogP contribution in [0.5, 0.6) is 0 Å². The highest BCUT2D eigenvalue weighted by molar-refractivity contribution is 5.11. The number of aryl methyl sites for hydroxylation is 2. The van der Waals surface area contributed by atoms with Crippen LogP contribution in [0.25, 0.3) is 0 Å². The average molecular weight is 191 g/mol. The Balaban J connectivity index is 1.92. The fourth-order valence-corrected chi connectivity index (χ4v) is 1.37. The molecule has 2 N–H and O–H groups in total. The molecule has 0 amide bonds. The Bertz CT molecular complexity index is 376. The van der Waals surface area contributed by atoms with E-state index in [0.717, 1.165) is 24.4 Å². The van der Waals surface area contributed by atoms with Crippen LogP contribution in [-0.4, -0.2) is 0 Å². The molecular formula is C11H13NO2. The van der Waals surface area contributed by atoms with E-state index in [-0.39, 0.29) is 0 Å². The van der Waals surface area contributed by atoms with Crippen molar-refractivity contribution in [1.82, 2.24) is 0 Å². The molecule has 0 unspecified atom stereocenters. The molecule has 0 saturated carbocycles. The van der Waals surface area contributed by atoms with Crippen molar-refractivity contribution in [2.45, 2.75) is 19.4 Å². The van der Waals surface area contributed by atoms with Gasteiger partial charge in [0.1, 0.15) is 11.5 Å². The van der Waals surface area contributed by atoms with Gasteiger partial charge in [-0.05, 0) is 30.2 Å². The molecule has 0 fully saturated rings. The molecule has 0 aliphatic carbocycles. The molecule has 0 radical (unpaired) electrons. The standard InChI is InChI=1S/C11H13NO2/c12-7-11-4-3-10(14-11)2-1-9-5-6-13-8-9/h3-6,8H,1-2,7,12H2. The predicted octanol–water partition coefficient (Wildman–Crippen LogP) is 2.12. The molecule has 3 heteroatoms. The van der Waals surface area contributed by atoms with Crippen LogP contribution in [0.1, 0.15) is 17.1 Å². The quantitative estimate of drug-likeness (QED) is 0.805. The zero-order valence-electron chi connectivity index (χ0n) is 7.90. The lowest BCUT2D eigenvalue weighted by Gasteiger charge is -1.94. The number of rotatable bonds is 4. The van der Waals surface area contributed by atoms with Crippen LogP contribution in [0.3, 0.4) is 0 Å². The van der Waals surface area contributed by atoms with Crippen LogP contribution < -0.4 is 5.73 Å². The third-order valence-corrected chi connectivity index (χ3v) is 2.16. The van der Waals surface area contributed by atoms with Gasteiger partial charge in [-0.15, -0.1) is 0 Å². The van der Waals surface area contributed by atoms with E-state index < -0.39 is 0 Å². The summed E-state index contributed by atoms with van der Waals surface area (Å²) in [6, 6.07) is 5.86. The summed E-state index contributed by atoms with van der Waals surface area (Å²) < 4.78 is 10.5. The first-order valence-corrected chi connectivity index (χ1v) is 4.67. The Morgan fingerprint density at radius 2 is 1.93 bits per heavy atom. The summed E-state index contributed by atoms with van der Waals surface area (Å²) in [6.07, 6.45) is 5.27. The van der Waals surface area contributed by atoms with Crippen molar-refractivity contribution in [1.29, 1.82) is 0 Å². The number of hydrogen-bond acceptors (Lipinski definition) is 3. The first kappa shape index (κ1) is 9.09. The van der Waals surface area contributed by atoms with Gasteiger partial charge in [-0.3, -0.25) is 0 Å². The van der Waals surface area contributed by atoms with E-state index >= 15 is 0 Å². The predicted molar refractivity (Wildman–Crippen MR) is 52.7 cm³/mol. The minimum Gasteiger partial charge on any atom is -0.472 e. The van der Waals surface area contributed by atoms with E-state index in [0.29, 0.717) is 6.54 Å². The molecule has 3 nitrogen and oxygen atoms in total. The summed E-state index contributed by atoms with van der Waals surface area (Å²) in [7, 11) is 0. The van der Waals surface area contributed by atoms with Gasteiger partial charge in [-0.2, -0.15) is 0 Å². The molecule has 0 bridgehead atoms. The van der Waals surface area contributed by atoms with Gasteiger partial charge in [-0.25, -0.2) is 0 Å². The van der Waals surface area contributed by atoms with E-state index in [1.165, 1.54) is 5.56 Å². The minimum absolute atomic E-state index is 0.464. The first-order chi connectivity index (χ1) is 6.88. The Kier molecular flexibility index (Phi) is 2.70. The van der Waals surface area contributed by atoms with Crippen molar-refractivity contribution in [3.05, 3.63) is 47.8 Å². The second-order valence-corrected chi connectivity index (χ2v) is 3.20. The summed E-state index contributed by atoms with van der Waals surface area (Å²) in [6.45, 7) is 0.464. The van der Waals surface area contributed by atoms with Gasteiger partial charge >= 0.3 is 0 Å². The molecular weight excluding hydrogens is 178 g/mol. The van der Waals surface area contributed by atoms with E-state index in [2.05, 4.69) is 0 Å². The summed E-state index contributed by atoms with van der Waals surface area (Å²) in [4.78, 5) is 0. The molecule has 74 valence electrons. The normalized spacial score (nSPS) is 10.6. The van der Waals surface area contributed by atoms with Crippen molar-refractivity contribution >= 4 is 0 Å². The average Bonchev–Trinajstić information content (AvgIpc) is 2.86. The number of hydrogen-bond donors (Lipinski definition) is 1. The molecule has 0 spiro atoms. The number of nitrogens with two attached hydrogens (primary N) is 1. The molecule has 0 saturated heterocycles. The van der Waals surface area contributed by atoms with Crippen LogP contribution in [-0.2, 0) is 19.4 Å². The Morgan fingerprint density at radius 1 is 1.07 bits per heavy atom. The second kappa shape index (κ2) is 4.15. The fourth-order valence-electron chi connectivity index (χ4n) is 1.37.